The smallest absolute Gasteiger partial charge is 0.338 e. The highest BCUT2D eigenvalue weighted by Gasteiger charge is 2.14. The predicted molar refractivity (Wildman–Crippen MR) is 113 cm³/mol. The van der Waals surface area contributed by atoms with Gasteiger partial charge in [0.05, 0.1) is 18.4 Å². The Balaban J connectivity index is 1.68. The molecule has 1 N–H and O–H groups in total. The summed E-state index contributed by atoms with van der Waals surface area (Å²) in [6.45, 7) is 2.08. The van der Waals surface area contributed by atoms with Gasteiger partial charge in [0.1, 0.15) is 18.1 Å². The molecule has 3 aromatic rings. The minimum atomic E-state index is -0.492. The first kappa shape index (κ1) is 21.8. The monoisotopic (exact) mass is 424 g/mol. The summed E-state index contributed by atoms with van der Waals surface area (Å²) in [6, 6.07) is 13.2. The Morgan fingerprint density at radius 1 is 1.06 bits per heavy atom. The van der Waals surface area contributed by atoms with Crippen LogP contribution < -0.4 is 15.5 Å². The van der Waals surface area contributed by atoms with Crippen molar-refractivity contribution in [3.8, 4) is 5.75 Å². The molecule has 0 atom stereocenters. The summed E-state index contributed by atoms with van der Waals surface area (Å²) in [7, 11) is 1.61. The quantitative estimate of drug-likeness (QED) is 0.587. The van der Waals surface area contributed by atoms with Crippen LogP contribution in [0.5, 0.6) is 5.75 Å². The number of rotatable bonds is 7. The molecule has 0 aliphatic rings. The molecule has 160 valence electrons. The molecule has 0 radical (unpaired) electrons. The number of aryl methyl sites for hydroxylation is 1. The number of anilines is 1. The number of carbonyl (C=O) groups excluding carboxylic acids is 2. The average molecular weight is 424 g/mol. The lowest BCUT2D eigenvalue weighted by Gasteiger charge is -2.12. The maximum Gasteiger partial charge on any atom is 0.338 e. The molecule has 1 amide bonds. The summed E-state index contributed by atoms with van der Waals surface area (Å²) in [5.41, 5.74) is 1.21. The van der Waals surface area contributed by atoms with E-state index < -0.39 is 17.3 Å². The molecule has 7 nitrogen and oxygen atoms in total. The van der Waals surface area contributed by atoms with E-state index in [-0.39, 0.29) is 30.5 Å². The van der Waals surface area contributed by atoms with E-state index in [1.807, 2.05) is 0 Å². The van der Waals surface area contributed by atoms with Crippen LogP contribution in [0.15, 0.2) is 65.6 Å². The molecule has 0 saturated carbocycles. The van der Waals surface area contributed by atoms with Gasteiger partial charge in [-0.05, 0) is 48.9 Å². The number of benzene rings is 2. The molecule has 1 heterocycles. The normalized spacial score (nSPS) is 10.4. The van der Waals surface area contributed by atoms with Crippen LogP contribution in [0, 0.1) is 5.82 Å². The van der Waals surface area contributed by atoms with E-state index in [4.69, 9.17) is 9.47 Å². The van der Waals surface area contributed by atoms with E-state index in [9.17, 15) is 18.8 Å². The van der Waals surface area contributed by atoms with Crippen molar-refractivity contribution in [2.75, 3.05) is 11.9 Å². The summed E-state index contributed by atoms with van der Waals surface area (Å²) in [5.74, 6) is -1.22. The van der Waals surface area contributed by atoms with E-state index >= 15 is 0 Å². The lowest BCUT2D eigenvalue weighted by Crippen LogP contribution is -2.21. The maximum atomic E-state index is 13.0. The van der Waals surface area contributed by atoms with Crippen LogP contribution in [0.3, 0.4) is 0 Å². The minimum Gasteiger partial charge on any atom is -0.483 e. The van der Waals surface area contributed by atoms with E-state index in [1.54, 1.807) is 50.4 Å². The van der Waals surface area contributed by atoms with Gasteiger partial charge in [0, 0.05) is 18.8 Å². The first-order chi connectivity index (χ1) is 14.9. The van der Waals surface area contributed by atoms with Crippen molar-refractivity contribution in [2.24, 2.45) is 7.05 Å². The lowest BCUT2D eigenvalue weighted by molar-refractivity contribution is 0.0526. The minimum absolute atomic E-state index is 0.0714. The molecular formula is C23H21FN2O5. The van der Waals surface area contributed by atoms with E-state index in [0.29, 0.717) is 16.8 Å². The highest BCUT2D eigenvalue weighted by Crippen LogP contribution is 2.14. The van der Waals surface area contributed by atoms with Gasteiger partial charge in [0.2, 0.25) is 5.43 Å². The van der Waals surface area contributed by atoms with Crippen molar-refractivity contribution in [3.63, 3.8) is 0 Å². The summed E-state index contributed by atoms with van der Waals surface area (Å²) >= 11 is 0. The van der Waals surface area contributed by atoms with Crippen molar-refractivity contribution >= 4 is 17.6 Å². The number of pyridine rings is 1. The van der Waals surface area contributed by atoms with Gasteiger partial charge < -0.3 is 19.4 Å². The molecular weight excluding hydrogens is 403 g/mol. The van der Waals surface area contributed by atoms with E-state index in [0.717, 1.165) is 0 Å². The predicted octanol–water partition coefficient (Wildman–Crippen LogP) is 3.53. The number of ether oxygens (including phenoxy) is 2. The molecule has 0 unspecified atom stereocenters. The number of halogens is 1. The Bertz CT molecular complexity index is 1140. The molecule has 0 bridgehead atoms. The zero-order valence-corrected chi connectivity index (χ0v) is 17.1. The maximum absolute atomic E-state index is 13.0. The molecule has 0 spiro atoms. The number of nitrogens with zero attached hydrogens (tertiary/aromatic N) is 1. The van der Waals surface area contributed by atoms with Crippen molar-refractivity contribution < 1.29 is 23.5 Å². The fraction of sp³-hybridized carbons (Fsp3) is 0.174. The number of hydrogen-bond acceptors (Lipinski definition) is 5. The second-order valence-electron chi connectivity index (χ2n) is 6.67. The Kier molecular flexibility index (Phi) is 6.81. The van der Waals surface area contributed by atoms with Crippen LogP contribution in [-0.4, -0.2) is 23.1 Å². The van der Waals surface area contributed by atoms with Crippen LogP contribution in [0.1, 0.15) is 33.3 Å². The van der Waals surface area contributed by atoms with Crippen molar-refractivity contribution in [2.45, 2.75) is 13.5 Å². The average Bonchev–Trinajstić information content (AvgIpc) is 2.75. The Morgan fingerprint density at radius 2 is 1.74 bits per heavy atom. The Labute approximate surface area is 178 Å². The number of esters is 1. The molecule has 31 heavy (non-hydrogen) atoms. The molecule has 3 rings (SSSR count). The summed E-state index contributed by atoms with van der Waals surface area (Å²) < 4.78 is 24.9. The van der Waals surface area contributed by atoms with Gasteiger partial charge in [-0.25, -0.2) is 9.18 Å². The Hall–Kier alpha value is -3.94. The zero-order chi connectivity index (χ0) is 22.4. The molecule has 0 saturated heterocycles. The van der Waals surface area contributed by atoms with Crippen LogP contribution in [0.25, 0.3) is 0 Å². The van der Waals surface area contributed by atoms with Gasteiger partial charge in [-0.2, -0.15) is 0 Å². The van der Waals surface area contributed by atoms with Crippen LogP contribution in [0.2, 0.25) is 0 Å². The lowest BCUT2D eigenvalue weighted by atomic mass is 10.2. The standard InChI is InChI=1S/C23H21FN2O5/c1-3-30-23(29)16-6-10-18(11-7-16)25-22(28)19-12-20(27)21(13-26(19)2)31-14-15-4-8-17(24)9-5-15/h4-13H,3,14H2,1-2H3,(H,25,28). The third-order valence-electron chi connectivity index (χ3n) is 4.40. The molecule has 0 fully saturated rings. The van der Waals surface area contributed by atoms with Gasteiger partial charge in [0.25, 0.3) is 5.91 Å². The highest BCUT2D eigenvalue weighted by atomic mass is 19.1. The number of hydrogen-bond donors (Lipinski definition) is 1. The number of carbonyl (C=O) groups is 2. The second kappa shape index (κ2) is 9.71. The summed E-state index contributed by atoms with van der Waals surface area (Å²) in [5, 5.41) is 2.68. The zero-order valence-electron chi connectivity index (χ0n) is 17.1. The number of aromatic nitrogens is 1. The fourth-order valence-corrected chi connectivity index (χ4v) is 2.78. The third kappa shape index (κ3) is 5.57. The van der Waals surface area contributed by atoms with Crippen LogP contribution in [0.4, 0.5) is 10.1 Å². The molecule has 2 aromatic carbocycles. The van der Waals surface area contributed by atoms with Crippen LogP contribution >= 0.6 is 0 Å². The topological polar surface area (TPSA) is 86.6 Å². The SMILES string of the molecule is CCOC(=O)c1ccc(NC(=O)c2cc(=O)c(OCc3ccc(F)cc3)cn2C)cc1. The van der Waals surface area contributed by atoms with Gasteiger partial charge >= 0.3 is 5.97 Å². The molecule has 8 heteroatoms. The largest absolute Gasteiger partial charge is 0.483 e. The fourth-order valence-electron chi connectivity index (χ4n) is 2.78. The van der Waals surface area contributed by atoms with Gasteiger partial charge in [-0.15, -0.1) is 0 Å². The Morgan fingerprint density at radius 3 is 2.39 bits per heavy atom. The third-order valence-corrected chi connectivity index (χ3v) is 4.40. The first-order valence-electron chi connectivity index (χ1n) is 9.54. The summed E-state index contributed by atoms with van der Waals surface area (Å²) in [4.78, 5) is 36.7. The molecule has 1 aromatic heterocycles. The molecule has 0 aliphatic carbocycles. The van der Waals surface area contributed by atoms with Crippen molar-refractivity contribution in [3.05, 3.63) is 93.7 Å². The van der Waals surface area contributed by atoms with E-state index in [2.05, 4.69) is 5.32 Å². The van der Waals surface area contributed by atoms with Crippen LogP contribution in [-0.2, 0) is 18.4 Å². The van der Waals surface area contributed by atoms with Crippen molar-refractivity contribution in [1.82, 2.24) is 4.57 Å². The number of nitrogens with one attached hydrogen (secondary N) is 1. The number of amides is 1. The van der Waals surface area contributed by atoms with Gasteiger partial charge in [-0.1, -0.05) is 12.1 Å². The first-order valence-corrected chi connectivity index (χ1v) is 9.54. The van der Waals surface area contributed by atoms with E-state index in [1.165, 1.54) is 29.0 Å². The van der Waals surface area contributed by atoms with Gasteiger partial charge in [-0.3, -0.25) is 9.59 Å². The van der Waals surface area contributed by atoms with Gasteiger partial charge in [0.15, 0.2) is 5.75 Å². The molecule has 0 aliphatic heterocycles. The van der Waals surface area contributed by atoms with Crippen molar-refractivity contribution in [1.29, 1.82) is 0 Å². The summed E-state index contributed by atoms with van der Waals surface area (Å²) in [6.07, 6.45) is 1.42. The highest BCUT2D eigenvalue weighted by molar-refractivity contribution is 6.03. The second-order valence-corrected chi connectivity index (χ2v) is 6.67.